The number of para-hydroxylation sites is 1. The van der Waals surface area contributed by atoms with Gasteiger partial charge in [0, 0.05) is 16.7 Å². The topological polar surface area (TPSA) is 68.0 Å². The summed E-state index contributed by atoms with van der Waals surface area (Å²) in [6.07, 6.45) is 0. The number of fused-ring (bicyclic) bond motifs is 1. The summed E-state index contributed by atoms with van der Waals surface area (Å²) in [5.41, 5.74) is 2.51. The molecule has 0 bridgehead atoms. The Morgan fingerprint density at radius 1 is 1.19 bits per heavy atom. The lowest BCUT2D eigenvalue weighted by Gasteiger charge is -2.00. The molecule has 27 heavy (non-hydrogen) atoms. The second kappa shape index (κ2) is 8.12. The summed E-state index contributed by atoms with van der Waals surface area (Å²) in [4.78, 5) is 16.6. The van der Waals surface area contributed by atoms with Crippen LogP contribution in [-0.2, 0) is 11.3 Å². The highest BCUT2D eigenvalue weighted by atomic mass is 35.5. The molecule has 0 atom stereocenters. The Morgan fingerprint density at radius 2 is 2.00 bits per heavy atom. The quantitative estimate of drug-likeness (QED) is 0.448. The first-order chi connectivity index (χ1) is 13.2. The molecule has 136 valence electrons. The molecule has 0 saturated carbocycles. The largest absolute Gasteiger partial charge is 0.356 e. The molecule has 0 unspecified atom stereocenters. The fourth-order valence-electron chi connectivity index (χ4n) is 2.43. The van der Waals surface area contributed by atoms with Crippen molar-refractivity contribution in [2.75, 3.05) is 5.75 Å². The molecule has 5 nitrogen and oxygen atoms in total. The van der Waals surface area contributed by atoms with Gasteiger partial charge in [-0.25, -0.2) is 4.98 Å². The van der Waals surface area contributed by atoms with Crippen LogP contribution in [0.2, 0.25) is 5.02 Å². The second-order valence-corrected chi connectivity index (χ2v) is 8.39. The van der Waals surface area contributed by atoms with Gasteiger partial charge >= 0.3 is 0 Å². The van der Waals surface area contributed by atoms with Gasteiger partial charge in [0.1, 0.15) is 5.69 Å². The number of benzene rings is 2. The number of amides is 1. The number of hydrogen-bond acceptors (Lipinski definition) is 6. The average Bonchev–Trinajstić information content (AvgIpc) is 3.32. The maximum Gasteiger partial charge on any atom is 0.230 e. The van der Waals surface area contributed by atoms with Crippen molar-refractivity contribution in [1.82, 2.24) is 15.5 Å². The van der Waals surface area contributed by atoms with Gasteiger partial charge in [-0.2, -0.15) is 0 Å². The molecule has 2 aromatic carbocycles. The van der Waals surface area contributed by atoms with Crippen LogP contribution < -0.4 is 5.32 Å². The van der Waals surface area contributed by atoms with E-state index in [-0.39, 0.29) is 5.91 Å². The van der Waals surface area contributed by atoms with Crippen molar-refractivity contribution < 1.29 is 9.32 Å². The number of nitrogens with zero attached hydrogens (tertiary/aromatic N) is 2. The van der Waals surface area contributed by atoms with Crippen molar-refractivity contribution in [3.63, 3.8) is 0 Å². The van der Waals surface area contributed by atoms with E-state index in [1.807, 2.05) is 42.5 Å². The van der Waals surface area contributed by atoms with Crippen molar-refractivity contribution in [3.05, 3.63) is 65.3 Å². The molecule has 0 aliphatic heterocycles. The van der Waals surface area contributed by atoms with Gasteiger partial charge in [0.2, 0.25) is 5.91 Å². The van der Waals surface area contributed by atoms with Crippen LogP contribution in [0, 0.1) is 0 Å². The third-order valence-corrected chi connectivity index (χ3v) is 6.19. The highest BCUT2D eigenvalue weighted by Gasteiger charge is 2.10. The van der Waals surface area contributed by atoms with E-state index in [4.69, 9.17) is 16.1 Å². The summed E-state index contributed by atoms with van der Waals surface area (Å²) in [7, 11) is 0. The van der Waals surface area contributed by atoms with E-state index in [2.05, 4.69) is 15.5 Å². The van der Waals surface area contributed by atoms with E-state index in [0.29, 0.717) is 28.8 Å². The van der Waals surface area contributed by atoms with Crippen LogP contribution in [-0.4, -0.2) is 21.8 Å². The number of nitrogens with one attached hydrogen (secondary N) is 1. The third-order valence-electron chi connectivity index (χ3n) is 3.76. The maximum atomic E-state index is 12.1. The van der Waals surface area contributed by atoms with Gasteiger partial charge in [0.25, 0.3) is 0 Å². The van der Waals surface area contributed by atoms with Gasteiger partial charge in [0.05, 0.1) is 22.5 Å². The number of aromatic nitrogens is 2. The normalized spacial score (nSPS) is 11.0. The Morgan fingerprint density at radius 3 is 2.81 bits per heavy atom. The molecule has 0 fully saturated rings. The van der Waals surface area contributed by atoms with Crippen molar-refractivity contribution in [2.24, 2.45) is 0 Å². The Labute approximate surface area is 168 Å². The fraction of sp³-hybridized carbons (Fsp3) is 0.105. The smallest absolute Gasteiger partial charge is 0.230 e. The standard InChI is InChI=1S/C19H14ClN3O2S2/c20-13-7-5-12(6-8-13)16-9-14(23-25-16)10-21-18(24)11-26-19-22-15-3-1-2-4-17(15)27-19/h1-9H,10-11H2,(H,21,24). The highest BCUT2D eigenvalue weighted by molar-refractivity contribution is 8.01. The van der Waals surface area contributed by atoms with Crippen LogP contribution in [0.5, 0.6) is 0 Å². The van der Waals surface area contributed by atoms with Crippen LogP contribution in [0.25, 0.3) is 21.5 Å². The van der Waals surface area contributed by atoms with E-state index in [1.54, 1.807) is 23.5 Å². The van der Waals surface area contributed by atoms with Gasteiger partial charge < -0.3 is 9.84 Å². The summed E-state index contributed by atoms with van der Waals surface area (Å²) in [6, 6.07) is 17.1. The Bertz CT molecular complexity index is 1040. The number of carbonyl (C=O) groups is 1. The molecular formula is C19H14ClN3O2S2. The first kappa shape index (κ1) is 18.0. The number of thioether (sulfide) groups is 1. The van der Waals surface area contributed by atoms with Crippen molar-refractivity contribution >= 4 is 50.8 Å². The molecule has 1 amide bonds. The van der Waals surface area contributed by atoms with Crippen LogP contribution in [0.3, 0.4) is 0 Å². The summed E-state index contributed by atoms with van der Waals surface area (Å²) in [6.45, 7) is 0.316. The molecular weight excluding hydrogens is 402 g/mol. The predicted octanol–water partition coefficient (Wildman–Crippen LogP) is 5.01. The SMILES string of the molecule is O=C(CSc1nc2ccccc2s1)NCc1cc(-c2ccc(Cl)cc2)on1. The van der Waals surface area contributed by atoms with Crippen LogP contribution in [0.1, 0.15) is 5.69 Å². The van der Waals surface area contributed by atoms with Gasteiger partial charge in [-0.1, -0.05) is 40.7 Å². The fourth-order valence-corrected chi connectivity index (χ4v) is 4.45. The maximum absolute atomic E-state index is 12.1. The molecule has 2 aromatic heterocycles. The lowest BCUT2D eigenvalue weighted by molar-refractivity contribution is -0.118. The van der Waals surface area contributed by atoms with E-state index in [1.165, 1.54) is 11.8 Å². The van der Waals surface area contributed by atoms with Crippen molar-refractivity contribution in [3.8, 4) is 11.3 Å². The first-order valence-electron chi connectivity index (χ1n) is 8.14. The van der Waals surface area contributed by atoms with E-state index >= 15 is 0 Å². The zero-order valence-corrected chi connectivity index (χ0v) is 16.4. The summed E-state index contributed by atoms with van der Waals surface area (Å²) < 4.78 is 7.34. The number of rotatable bonds is 6. The van der Waals surface area contributed by atoms with Crippen molar-refractivity contribution in [1.29, 1.82) is 0 Å². The number of thiazole rings is 1. The molecule has 0 radical (unpaired) electrons. The molecule has 4 rings (SSSR count). The molecule has 0 spiro atoms. The van der Waals surface area contributed by atoms with E-state index in [0.717, 1.165) is 20.1 Å². The van der Waals surface area contributed by atoms with Gasteiger partial charge in [-0.05, 0) is 36.4 Å². The predicted molar refractivity (Wildman–Crippen MR) is 109 cm³/mol. The third kappa shape index (κ3) is 4.50. The molecule has 2 heterocycles. The minimum absolute atomic E-state index is 0.0738. The zero-order chi connectivity index (χ0) is 18.6. The minimum atomic E-state index is -0.0738. The van der Waals surface area contributed by atoms with E-state index < -0.39 is 0 Å². The Balaban J connectivity index is 1.29. The van der Waals surface area contributed by atoms with Gasteiger partial charge in [-0.3, -0.25) is 4.79 Å². The van der Waals surface area contributed by atoms with E-state index in [9.17, 15) is 4.79 Å². The lowest BCUT2D eigenvalue weighted by Crippen LogP contribution is -2.24. The number of carbonyl (C=O) groups excluding carboxylic acids is 1. The molecule has 0 aliphatic rings. The number of halogens is 1. The molecule has 8 heteroatoms. The van der Waals surface area contributed by atoms with Gasteiger partial charge in [0.15, 0.2) is 10.1 Å². The summed E-state index contributed by atoms with van der Waals surface area (Å²) in [5, 5.41) is 7.51. The Hall–Kier alpha value is -2.35. The van der Waals surface area contributed by atoms with Crippen LogP contribution >= 0.6 is 34.7 Å². The monoisotopic (exact) mass is 415 g/mol. The van der Waals surface area contributed by atoms with Crippen LogP contribution in [0.4, 0.5) is 0 Å². The first-order valence-corrected chi connectivity index (χ1v) is 10.3. The molecule has 4 aromatic rings. The second-order valence-electron chi connectivity index (χ2n) is 5.70. The highest BCUT2D eigenvalue weighted by Crippen LogP contribution is 2.29. The summed E-state index contributed by atoms with van der Waals surface area (Å²) in [5.74, 6) is 0.872. The number of hydrogen-bond donors (Lipinski definition) is 1. The Kier molecular flexibility index (Phi) is 5.42. The van der Waals surface area contributed by atoms with Gasteiger partial charge in [-0.15, -0.1) is 11.3 Å². The molecule has 0 saturated heterocycles. The minimum Gasteiger partial charge on any atom is -0.356 e. The van der Waals surface area contributed by atoms with Crippen molar-refractivity contribution in [2.45, 2.75) is 10.9 Å². The van der Waals surface area contributed by atoms with Crippen LogP contribution in [0.15, 0.2) is 63.5 Å². The average molecular weight is 416 g/mol. The summed E-state index contributed by atoms with van der Waals surface area (Å²) >= 11 is 8.91. The lowest BCUT2D eigenvalue weighted by atomic mass is 10.1. The zero-order valence-electron chi connectivity index (χ0n) is 14.0. The molecule has 0 aliphatic carbocycles. The molecule has 1 N–H and O–H groups in total.